The highest BCUT2D eigenvalue weighted by Gasteiger charge is 2.28. The second kappa shape index (κ2) is 35.5. The molecule has 0 bridgehead atoms. The minimum absolute atomic E-state index is 0.0320. The third-order valence-corrected chi connectivity index (χ3v) is 19.5. The number of carbonyl (C=O) groups excluding carboxylic acids is 3. The van der Waals surface area contributed by atoms with Crippen LogP contribution in [-0.2, 0) is 19.6 Å². The summed E-state index contributed by atoms with van der Waals surface area (Å²) in [6.07, 6.45) is 3.84. The van der Waals surface area contributed by atoms with E-state index >= 15 is 13.2 Å². The first-order valence-electron chi connectivity index (χ1n) is 36.8. The van der Waals surface area contributed by atoms with Crippen LogP contribution in [0.3, 0.4) is 0 Å². The number of piperazine rings is 3. The van der Waals surface area contributed by atoms with Crippen molar-refractivity contribution >= 4 is 84.9 Å². The second-order valence-electron chi connectivity index (χ2n) is 27.4. The van der Waals surface area contributed by atoms with Crippen LogP contribution in [0.25, 0.3) is 32.7 Å². The predicted molar refractivity (Wildman–Crippen MR) is 423 cm³/mol. The summed E-state index contributed by atoms with van der Waals surface area (Å²) >= 11 is 0. The van der Waals surface area contributed by atoms with Gasteiger partial charge in [0.25, 0.3) is 17.7 Å². The largest absolute Gasteiger partial charge is 0.435 e. The molecule has 10 N–H and O–H groups in total. The van der Waals surface area contributed by atoms with Gasteiger partial charge >= 0.3 is 0 Å². The normalized spacial score (nSPS) is 14.4. The number of fused-ring (bicyclic) bond motifs is 3. The Morgan fingerprint density at radius 2 is 0.703 bits per heavy atom. The molecule has 9 heterocycles. The van der Waals surface area contributed by atoms with E-state index in [-0.39, 0.29) is 69.0 Å². The zero-order valence-corrected chi connectivity index (χ0v) is 63.2. The number of hydrogen-bond donors (Lipinski definition) is 10. The lowest BCUT2D eigenvalue weighted by atomic mass is 10.1. The Morgan fingerprint density at radius 1 is 0.405 bits per heavy atom. The first-order valence-corrected chi connectivity index (χ1v) is 36.8. The Kier molecular flexibility index (Phi) is 24.7. The summed E-state index contributed by atoms with van der Waals surface area (Å²) in [5.74, 6) is -2.43. The van der Waals surface area contributed by atoms with Gasteiger partial charge in [-0.05, 0) is 142 Å². The number of nitrogens with one attached hydrogen (secondary N) is 10. The number of aromatic amines is 3. The van der Waals surface area contributed by atoms with Crippen molar-refractivity contribution in [1.82, 2.24) is 90.6 Å². The molecular formula is C81H90F3N21O6. The number of hydrogen-bond acceptors (Lipinski definition) is 21. The molecule has 576 valence electrons. The Balaban J connectivity index is 0.000000146. The zero-order valence-electron chi connectivity index (χ0n) is 63.2. The number of likely N-dealkylation sites (N-methyl/N-ethyl adjacent to an activating group) is 2. The van der Waals surface area contributed by atoms with Crippen molar-refractivity contribution in [3.05, 3.63) is 214 Å². The lowest BCUT2D eigenvalue weighted by molar-refractivity contribution is 0.0952. The van der Waals surface area contributed by atoms with Crippen LogP contribution in [0.2, 0.25) is 0 Å². The topological polar surface area (TPSA) is 304 Å². The van der Waals surface area contributed by atoms with Crippen molar-refractivity contribution in [3.63, 3.8) is 0 Å². The van der Waals surface area contributed by atoms with Crippen molar-refractivity contribution in [1.29, 1.82) is 0 Å². The summed E-state index contributed by atoms with van der Waals surface area (Å²) in [6, 6.07) is 38.9. The van der Waals surface area contributed by atoms with Crippen LogP contribution in [0.4, 0.5) is 47.7 Å². The highest BCUT2D eigenvalue weighted by atomic mass is 19.1. The molecule has 0 saturated carbocycles. The fraction of sp³-hybridized carbons (Fsp3) is 0.296. The maximum Gasteiger partial charge on any atom is 0.260 e. The molecule has 0 radical (unpaired) electrons. The number of benzene rings is 6. The first-order chi connectivity index (χ1) is 53.9. The molecule has 30 heteroatoms. The van der Waals surface area contributed by atoms with Crippen LogP contribution >= 0.6 is 0 Å². The average Bonchev–Trinajstić information content (AvgIpc) is 1.76. The zero-order chi connectivity index (χ0) is 77.7. The van der Waals surface area contributed by atoms with Gasteiger partial charge in [-0.2, -0.15) is 0 Å². The maximum absolute atomic E-state index is 15.2. The second-order valence-corrected chi connectivity index (χ2v) is 27.4. The fourth-order valence-corrected chi connectivity index (χ4v) is 13.4. The van der Waals surface area contributed by atoms with E-state index in [1.165, 1.54) is 75.0 Å². The lowest BCUT2D eigenvalue weighted by Crippen LogP contribution is -2.45. The van der Waals surface area contributed by atoms with E-state index in [9.17, 15) is 14.4 Å². The molecule has 6 aromatic heterocycles. The number of nitrogens with zero attached hydrogens (tertiary/aromatic N) is 11. The molecule has 12 aromatic rings. The number of anilines is 6. The van der Waals surface area contributed by atoms with Crippen molar-refractivity contribution in [2.75, 3.05) is 129 Å². The van der Waals surface area contributed by atoms with E-state index < -0.39 is 35.2 Å². The van der Waals surface area contributed by atoms with Crippen LogP contribution in [0.1, 0.15) is 71.8 Å². The van der Waals surface area contributed by atoms with E-state index in [1.54, 1.807) is 36.4 Å². The van der Waals surface area contributed by atoms with Gasteiger partial charge in [-0.15, -0.1) is 0 Å². The van der Waals surface area contributed by atoms with E-state index in [2.05, 4.69) is 145 Å². The average molecular weight is 1510 g/mol. The van der Waals surface area contributed by atoms with Crippen LogP contribution in [0.5, 0.6) is 34.9 Å². The molecule has 3 saturated heterocycles. The summed E-state index contributed by atoms with van der Waals surface area (Å²) in [7, 11) is 6.66. The van der Waals surface area contributed by atoms with Crippen molar-refractivity contribution in [2.45, 2.75) is 47.3 Å². The Hall–Kier alpha value is -12.1. The quantitative estimate of drug-likeness (QED) is 0.0301. The van der Waals surface area contributed by atoms with E-state index in [4.69, 9.17) is 14.2 Å². The molecule has 3 aliphatic heterocycles. The third kappa shape index (κ3) is 18.8. The molecule has 111 heavy (non-hydrogen) atoms. The number of halogens is 3. The number of carbonyl (C=O) groups is 3. The number of rotatable bonds is 22. The van der Waals surface area contributed by atoms with Crippen LogP contribution < -0.4 is 51.4 Å². The number of H-pyrrole nitrogens is 3. The van der Waals surface area contributed by atoms with Gasteiger partial charge in [0.2, 0.25) is 17.6 Å². The number of aromatic nitrogens is 9. The van der Waals surface area contributed by atoms with Crippen LogP contribution in [0.15, 0.2) is 146 Å². The van der Waals surface area contributed by atoms with E-state index in [0.717, 1.165) is 139 Å². The van der Waals surface area contributed by atoms with Gasteiger partial charge in [-0.1, -0.05) is 43.3 Å². The molecule has 0 atom stereocenters. The Bertz CT molecular complexity index is 5250. The molecular weight excluding hydrogens is 1420 g/mol. The van der Waals surface area contributed by atoms with E-state index in [0.29, 0.717) is 32.7 Å². The Morgan fingerprint density at radius 3 is 1.01 bits per heavy atom. The summed E-state index contributed by atoms with van der Waals surface area (Å²) in [5.41, 5.74) is 10.6. The number of amides is 3. The Labute approximate surface area is 640 Å². The van der Waals surface area contributed by atoms with E-state index in [1.807, 2.05) is 69.3 Å². The summed E-state index contributed by atoms with van der Waals surface area (Å²) in [5, 5.41) is 21.9. The fourth-order valence-electron chi connectivity index (χ4n) is 13.4. The minimum Gasteiger partial charge on any atom is -0.435 e. The highest BCUT2D eigenvalue weighted by Crippen LogP contribution is 2.38. The molecule has 3 amide bonds. The molecule has 27 nitrogen and oxygen atoms in total. The molecule has 15 rings (SSSR count). The van der Waals surface area contributed by atoms with Gasteiger partial charge in [0.15, 0.2) is 52.2 Å². The SMILES string of the molecule is CCN1CCN(Cc2ccc(Nc3ncnc(Oc4ccc5[nH]c(C)cc5c4F)c3C(=O)NC)cc2)CC1.CNC(=O)c1c(Nc2ccc(CN3CCN(C)CC3)cc2)ncnc1Oc1ccc2[nH]c(C)cc2c1F.CNC(=O)c1c(Nc2ccc(CN3CCNCC3)cc2)ncnc1Oc1ccc2[nH]c(C)cc2c1F. The number of aryl methyl sites for hydroxylation is 3. The van der Waals surface area contributed by atoms with Crippen LogP contribution in [-0.4, -0.2) is 200 Å². The van der Waals surface area contributed by atoms with Crippen molar-refractivity contribution < 1.29 is 41.8 Å². The lowest BCUT2D eigenvalue weighted by Gasteiger charge is -2.34. The van der Waals surface area contributed by atoms with Gasteiger partial charge in [-0.3, -0.25) is 29.1 Å². The summed E-state index contributed by atoms with van der Waals surface area (Å²) in [6.45, 7) is 24.1. The summed E-state index contributed by atoms with van der Waals surface area (Å²) in [4.78, 5) is 85.0. The van der Waals surface area contributed by atoms with Gasteiger partial charge in [0.1, 0.15) is 35.7 Å². The first kappa shape index (κ1) is 77.1. The van der Waals surface area contributed by atoms with Crippen molar-refractivity contribution in [3.8, 4) is 34.9 Å². The van der Waals surface area contributed by atoms with Gasteiger partial charge < -0.3 is 76.2 Å². The monoisotopic (exact) mass is 1510 g/mol. The molecule has 0 spiro atoms. The third-order valence-electron chi connectivity index (χ3n) is 19.5. The van der Waals surface area contributed by atoms with Gasteiger partial charge in [0, 0.05) is 186 Å². The van der Waals surface area contributed by atoms with Crippen molar-refractivity contribution in [2.24, 2.45) is 0 Å². The molecule has 0 aliphatic carbocycles. The van der Waals surface area contributed by atoms with Gasteiger partial charge in [0.05, 0.1) is 0 Å². The molecule has 0 unspecified atom stereocenters. The smallest absolute Gasteiger partial charge is 0.260 e. The highest BCUT2D eigenvalue weighted by molar-refractivity contribution is 6.03. The minimum atomic E-state index is -0.534. The standard InChI is InChI=1S/C28H32FN7O2.C27H30FN7O2.C26H28FN7O2/c1-4-35-11-13-36(14-12-35)16-19-5-7-20(8-6-19)34-26-24(27(37)30-3)28(32-17-31-26)38-23-10-9-22-21(25(23)29)15-18(2)33-22;1-17-14-20-21(32-17)8-9-22(24(20)28)37-27-23(26(36)29-2)25(30-16-31-27)33-19-6-4-18(5-7-19)15-35-12-10-34(3)11-13-35;1-16-13-19-20(32-16)7-8-21(23(19)27)36-26-22(25(35)28-2)24(30-15-31-26)33-18-5-3-17(4-6-18)14-34-11-9-29-10-12-34/h5-10,15,17,33H,4,11-14,16H2,1-3H3,(H,30,37)(H,31,32,34);4-9,14,16,32H,10-13,15H2,1-3H3,(H,29,36)(H,30,31,33);3-8,13,15,29,32H,9-12,14H2,1-2H3,(H,28,35)(H,30,31,33). The maximum atomic E-state index is 15.2. The van der Waals surface area contributed by atoms with Crippen LogP contribution in [0, 0.1) is 38.2 Å². The molecule has 3 fully saturated rings. The molecule has 6 aromatic carbocycles. The molecule has 3 aliphatic rings. The predicted octanol–water partition coefficient (Wildman–Crippen LogP) is 12.2. The summed E-state index contributed by atoms with van der Waals surface area (Å²) < 4.78 is 62.9. The van der Waals surface area contributed by atoms with Gasteiger partial charge in [-0.25, -0.2) is 43.1 Å². The number of ether oxygens (including phenoxy) is 3.